The minimum Gasteiger partial charge on any atom is -0.463 e. The number of aliphatic hydroxyl groups is 2. The zero-order chi connectivity index (χ0) is 36.6. The second-order valence-corrected chi connectivity index (χ2v) is 12.5. The molecule has 2 saturated carbocycles. The van der Waals surface area contributed by atoms with Crippen molar-refractivity contribution in [3.63, 3.8) is 0 Å². The number of esters is 4. The van der Waals surface area contributed by atoms with E-state index in [0.29, 0.717) is 11.0 Å². The summed E-state index contributed by atoms with van der Waals surface area (Å²) in [7, 11) is 0. The minimum absolute atomic E-state index is 0.108. The summed E-state index contributed by atoms with van der Waals surface area (Å²) in [6, 6.07) is 2.41. The summed E-state index contributed by atoms with van der Waals surface area (Å²) >= 11 is 0. The molecule has 2 saturated heterocycles. The van der Waals surface area contributed by atoms with E-state index in [2.05, 4.69) is 5.16 Å². The largest absolute Gasteiger partial charge is 0.463 e. The molecule has 18 heteroatoms. The summed E-state index contributed by atoms with van der Waals surface area (Å²) < 4.78 is 55.4. The van der Waals surface area contributed by atoms with E-state index < -0.39 is 126 Å². The quantitative estimate of drug-likeness (QED) is 0.164. The van der Waals surface area contributed by atoms with Gasteiger partial charge in [0.05, 0.1) is 35.4 Å². The molecule has 4 fully saturated rings. The first-order valence-electron chi connectivity index (χ1n) is 15.8. The smallest absolute Gasteiger partial charge is 0.303 e. The maximum atomic E-state index is 14.7. The third-order valence-corrected chi connectivity index (χ3v) is 9.15. The SMILES string of the molecule is CC(=O)OC[C@H]1O[C@@H](O/N=C2\C[C@@H](O)[C@@H](O)[C@@H]3[C@@H]4C(=O)N(c5ccc(F)cc5F)C(=O)[C@@H]4CC[C@@H]23)[C@H](OC(C)=O)[C@@H](OC(C)=O)[C@@H]1OC(C)=O. The topological polar surface area (TPSA) is 214 Å². The Hall–Kier alpha value is -4.55. The van der Waals surface area contributed by atoms with Crippen LogP contribution in [0.2, 0.25) is 0 Å². The van der Waals surface area contributed by atoms with Gasteiger partial charge in [0, 0.05) is 52.0 Å². The Labute approximate surface area is 283 Å². The Balaban J connectivity index is 1.46. The Morgan fingerprint density at radius 1 is 0.880 bits per heavy atom. The van der Waals surface area contributed by atoms with E-state index in [4.69, 9.17) is 28.5 Å². The van der Waals surface area contributed by atoms with Gasteiger partial charge >= 0.3 is 23.9 Å². The summed E-state index contributed by atoms with van der Waals surface area (Å²) in [6.45, 7) is 3.75. The Kier molecular flexibility index (Phi) is 10.8. The number of hydrogen-bond donors (Lipinski definition) is 2. The Bertz CT molecular complexity index is 1590. The normalized spacial score (nSPS) is 34.4. The third-order valence-electron chi connectivity index (χ3n) is 9.15. The van der Waals surface area contributed by atoms with Crippen molar-refractivity contribution in [2.24, 2.45) is 28.8 Å². The van der Waals surface area contributed by atoms with Crippen LogP contribution in [0.3, 0.4) is 0 Å². The van der Waals surface area contributed by atoms with Crippen LogP contribution in [0.4, 0.5) is 14.5 Å². The van der Waals surface area contributed by atoms with Crippen LogP contribution >= 0.6 is 0 Å². The molecule has 2 aliphatic carbocycles. The molecular weight excluding hydrogens is 674 g/mol. The molecule has 16 nitrogen and oxygen atoms in total. The zero-order valence-corrected chi connectivity index (χ0v) is 27.4. The van der Waals surface area contributed by atoms with Crippen LogP contribution in [0.1, 0.15) is 47.0 Å². The van der Waals surface area contributed by atoms with Gasteiger partial charge in [0.1, 0.15) is 24.3 Å². The van der Waals surface area contributed by atoms with Gasteiger partial charge in [0.15, 0.2) is 12.2 Å². The predicted molar refractivity (Wildman–Crippen MR) is 159 cm³/mol. The number of rotatable bonds is 8. The monoisotopic (exact) mass is 710 g/mol. The van der Waals surface area contributed by atoms with Crippen molar-refractivity contribution >= 4 is 47.1 Å². The Morgan fingerprint density at radius 2 is 1.50 bits per heavy atom. The first-order valence-corrected chi connectivity index (χ1v) is 15.8. The van der Waals surface area contributed by atoms with Crippen LogP contribution < -0.4 is 4.90 Å². The van der Waals surface area contributed by atoms with Crippen LogP contribution in [-0.2, 0) is 57.3 Å². The number of oxime groups is 1. The number of ether oxygens (including phenoxy) is 5. The standard InChI is InChI=1S/C32H36F2N2O14/c1-12(37)45-11-23-27(46-13(2)38)28(47-14(3)39)29(48-15(4)40)32(49-23)50-35-20-10-22(41)26(42)24-17(20)6-7-18-25(24)31(44)36(30(18)43)21-8-5-16(33)9-19(21)34/h5,8-9,17-18,22-29,32,41-42H,6-7,10-11H2,1-4H3/b35-20+/t17-,18+,22+,23+,24-,25+,26+,27+,28-,29+,32-/m0/s1. The number of hydrogen-bond acceptors (Lipinski definition) is 15. The summed E-state index contributed by atoms with van der Waals surface area (Å²) in [4.78, 5) is 81.4. The van der Waals surface area contributed by atoms with Crippen molar-refractivity contribution in [3.05, 3.63) is 29.8 Å². The highest BCUT2D eigenvalue weighted by Crippen LogP contribution is 2.50. The van der Waals surface area contributed by atoms with Crippen LogP contribution in [0.25, 0.3) is 0 Å². The number of carbonyl (C=O) groups is 6. The molecule has 11 atom stereocenters. The number of carbonyl (C=O) groups excluding carboxylic acids is 6. The van der Waals surface area contributed by atoms with Gasteiger partial charge in [-0.25, -0.2) is 13.7 Å². The molecule has 0 radical (unpaired) electrons. The minimum atomic E-state index is -1.69. The fraction of sp³-hybridized carbons (Fsp3) is 0.594. The summed E-state index contributed by atoms with van der Waals surface area (Å²) in [5, 5.41) is 26.2. The number of aliphatic hydroxyl groups excluding tert-OH is 2. The fourth-order valence-corrected chi connectivity index (χ4v) is 7.27. The lowest BCUT2D eigenvalue weighted by Gasteiger charge is -2.46. The lowest BCUT2D eigenvalue weighted by Crippen LogP contribution is -2.62. The lowest BCUT2D eigenvalue weighted by molar-refractivity contribution is -0.308. The van der Waals surface area contributed by atoms with E-state index in [0.717, 1.165) is 39.8 Å². The highest BCUT2D eigenvalue weighted by atomic mass is 19.1. The van der Waals surface area contributed by atoms with Crippen molar-refractivity contribution in [1.29, 1.82) is 0 Å². The van der Waals surface area contributed by atoms with Crippen molar-refractivity contribution < 1.29 is 76.3 Å². The molecule has 4 aliphatic rings. The van der Waals surface area contributed by atoms with Gasteiger partial charge in [-0.05, 0) is 25.0 Å². The number of nitrogens with zero attached hydrogens (tertiary/aromatic N) is 2. The highest BCUT2D eigenvalue weighted by Gasteiger charge is 2.61. The van der Waals surface area contributed by atoms with Gasteiger partial charge in [0.2, 0.25) is 17.9 Å². The van der Waals surface area contributed by atoms with Crippen LogP contribution in [0.5, 0.6) is 0 Å². The third kappa shape index (κ3) is 7.32. The van der Waals surface area contributed by atoms with Crippen LogP contribution in [0, 0.1) is 35.3 Å². The van der Waals surface area contributed by atoms with Gasteiger partial charge in [-0.2, -0.15) is 0 Å². The van der Waals surface area contributed by atoms with E-state index in [9.17, 15) is 47.8 Å². The molecule has 2 amide bonds. The number of anilines is 1. The van der Waals surface area contributed by atoms with Crippen molar-refractivity contribution in [2.75, 3.05) is 11.5 Å². The molecule has 50 heavy (non-hydrogen) atoms. The average Bonchev–Trinajstić information content (AvgIpc) is 3.28. The average molecular weight is 711 g/mol. The van der Waals surface area contributed by atoms with Gasteiger partial charge in [-0.3, -0.25) is 28.8 Å². The zero-order valence-electron chi connectivity index (χ0n) is 27.4. The molecule has 2 aliphatic heterocycles. The van der Waals surface area contributed by atoms with E-state index in [-0.39, 0.29) is 25.0 Å². The van der Waals surface area contributed by atoms with E-state index in [1.54, 1.807) is 0 Å². The first-order chi connectivity index (χ1) is 23.6. The highest BCUT2D eigenvalue weighted by molar-refractivity contribution is 6.22. The number of halogens is 2. The molecule has 2 N–H and O–H groups in total. The lowest BCUT2D eigenvalue weighted by atomic mass is 9.60. The Morgan fingerprint density at radius 3 is 2.12 bits per heavy atom. The molecule has 2 heterocycles. The van der Waals surface area contributed by atoms with Gasteiger partial charge in [-0.1, -0.05) is 5.16 Å². The van der Waals surface area contributed by atoms with Gasteiger partial charge in [-0.15, -0.1) is 0 Å². The first kappa shape index (κ1) is 36.7. The van der Waals surface area contributed by atoms with Gasteiger partial charge in [0.25, 0.3) is 6.29 Å². The van der Waals surface area contributed by atoms with E-state index >= 15 is 0 Å². The molecule has 0 spiro atoms. The summed E-state index contributed by atoms with van der Waals surface area (Å²) in [6.07, 6.45) is -10.6. The summed E-state index contributed by atoms with van der Waals surface area (Å²) in [5.41, 5.74) is -0.315. The number of benzene rings is 1. The van der Waals surface area contributed by atoms with Crippen molar-refractivity contribution in [1.82, 2.24) is 0 Å². The van der Waals surface area contributed by atoms with E-state index in [1.165, 1.54) is 0 Å². The maximum absolute atomic E-state index is 14.7. The molecule has 5 rings (SSSR count). The van der Waals surface area contributed by atoms with Crippen LogP contribution in [-0.4, -0.2) is 101 Å². The molecule has 1 aromatic carbocycles. The number of imide groups is 1. The number of amides is 2. The molecular formula is C32H36F2N2O14. The number of fused-ring (bicyclic) bond motifs is 3. The fourth-order valence-electron chi connectivity index (χ4n) is 7.27. The van der Waals surface area contributed by atoms with Crippen molar-refractivity contribution in [3.8, 4) is 0 Å². The van der Waals surface area contributed by atoms with E-state index in [1.807, 2.05) is 0 Å². The predicted octanol–water partition coefficient (Wildman–Crippen LogP) is 0.678. The summed E-state index contributed by atoms with van der Waals surface area (Å²) in [5.74, 6) is -10.9. The maximum Gasteiger partial charge on any atom is 0.303 e. The molecule has 272 valence electrons. The second-order valence-electron chi connectivity index (χ2n) is 12.5. The molecule has 1 aromatic rings. The second kappa shape index (κ2) is 14.7. The molecule has 0 unspecified atom stereocenters. The van der Waals surface area contributed by atoms with Crippen molar-refractivity contribution in [2.45, 2.75) is 89.9 Å². The molecule has 0 aromatic heterocycles. The van der Waals surface area contributed by atoms with Gasteiger partial charge < -0.3 is 38.7 Å². The van der Waals surface area contributed by atoms with Crippen LogP contribution in [0.15, 0.2) is 23.4 Å². The molecule has 0 bridgehead atoms.